The Morgan fingerprint density at radius 1 is 1.14 bits per heavy atom. The smallest absolute Gasteiger partial charge is 0.278 e. The van der Waals surface area contributed by atoms with E-state index < -0.39 is 0 Å². The van der Waals surface area contributed by atoms with Gasteiger partial charge in [0.2, 0.25) is 0 Å². The SMILES string of the molecule is CN1CCC(CNc2nccnc2C(=O)Nc2ccc3ccnc(N)c3c2)CC1. The molecule has 29 heavy (non-hydrogen) atoms. The normalized spacial score (nSPS) is 15.3. The van der Waals surface area contributed by atoms with Gasteiger partial charge in [-0.25, -0.2) is 15.0 Å². The van der Waals surface area contributed by atoms with Gasteiger partial charge < -0.3 is 21.3 Å². The van der Waals surface area contributed by atoms with Crippen LogP contribution >= 0.6 is 0 Å². The maximum Gasteiger partial charge on any atom is 0.278 e. The fourth-order valence-corrected chi connectivity index (χ4v) is 3.60. The number of rotatable bonds is 5. The monoisotopic (exact) mass is 391 g/mol. The minimum Gasteiger partial charge on any atom is -0.383 e. The molecule has 2 aromatic heterocycles. The predicted octanol–water partition coefficient (Wildman–Crippen LogP) is 2.61. The molecular weight excluding hydrogens is 366 g/mol. The number of hydrogen-bond acceptors (Lipinski definition) is 7. The summed E-state index contributed by atoms with van der Waals surface area (Å²) < 4.78 is 0. The van der Waals surface area contributed by atoms with E-state index in [0.717, 1.165) is 43.2 Å². The molecular formula is C21H25N7O. The van der Waals surface area contributed by atoms with Crippen molar-refractivity contribution in [2.24, 2.45) is 5.92 Å². The molecule has 3 heterocycles. The van der Waals surface area contributed by atoms with Gasteiger partial charge in [0.15, 0.2) is 11.5 Å². The summed E-state index contributed by atoms with van der Waals surface area (Å²) in [5.41, 5.74) is 6.86. The van der Waals surface area contributed by atoms with E-state index in [4.69, 9.17) is 5.73 Å². The molecule has 150 valence electrons. The van der Waals surface area contributed by atoms with Crippen LogP contribution in [0.1, 0.15) is 23.3 Å². The van der Waals surface area contributed by atoms with Gasteiger partial charge in [-0.15, -0.1) is 0 Å². The topological polar surface area (TPSA) is 109 Å². The van der Waals surface area contributed by atoms with Crippen LogP contribution in [0.25, 0.3) is 10.8 Å². The van der Waals surface area contributed by atoms with E-state index in [1.807, 2.05) is 24.3 Å². The molecule has 3 aromatic rings. The number of carbonyl (C=O) groups excluding carboxylic acids is 1. The highest BCUT2D eigenvalue weighted by Gasteiger charge is 2.19. The van der Waals surface area contributed by atoms with Crippen molar-refractivity contribution in [1.29, 1.82) is 0 Å². The molecule has 0 bridgehead atoms. The maximum atomic E-state index is 12.8. The summed E-state index contributed by atoms with van der Waals surface area (Å²) >= 11 is 0. The molecule has 0 atom stereocenters. The summed E-state index contributed by atoms with van der Waals surface area (Å²) in [6, 6.07) is 7.43. The number of fused-ring (bicyclic) bond motifs is 1. The first-order valence-electron chi connectivity index (χ1n) is 9.79. The zero-order valence-corrected chi connectivity index (χ0v) is 16.4. The number of anilines is 3. The number of benzene rings is 1. The summed E-state index contributed by atoms with van der Waals surface area (Å²) in [6.07, 6.45) is 7.06. The number of carbonyl (C=O) groups is 1. The molecule has 0 saturated carbocycles. The molecule has 1 fully saturated rings. The first-order valence-corrected chi connectivity index (χ1v) is 9.79. The average molecular weight is 391 g/mol. The second kappa shape index (κ2) is 8.40. The number of nitrogens with zero attached hydrogens (tertiary/aromatic N) is 4. The van der Waals surface area contributed by atoms with Gasteiger partial charge in [-0.1, -0.05) is 6.07 Å². The Kier molecular flexibility index (Phi) is 5.53. The lowest BCUT2D eigenvalue weighted by atomic mass is 9.97. The van der Waals surface area contributed by atoms with Gasteiger partial charge in [-0.3, -0.25) is 4.79 Å². The number of piperidine rings is 1. The Labute approximate surface area is 169 Å². The zero-order valence-electron chi connectivity index (χ0n) is 16.4. The van der Waals surface area contributed by atoms with E-state index in [1.54, 1.807) is 12.4 Å². The van der Waals surface area contributed by atoms with Crippen molar-refractivity contribution in [3.05, 3.63) is 48.5 Å². The Morgan fingerprint density at radius 2 is 1.93 bits per heavy atom. The van der Waals surface area contributed by atoms with Crippen molar-refractivity contribution in [3.63, 3.8) is 0 Å². The standard InChI is InChI=1S/C21H25N7O/c1-28-10-5-14(6-11-28)13-26-20-18(23-8-9-25-20)21(29)27-16-3-2-15-4-7-24-19(22)17(15)12-16/h2-4,7-9,12,14H,5-6,10-11,13H2,1H3,(H2,22,24)(H,25,26)(H,27,29). The summed E-state index contributed by atoms with van der Waals surface area (Å²) in [6.45, 7) is 2.98. The predicted molar refractivity (Wildman–Crippen MR) is 115 cm³/mol. The van der Waals surface area contributed by atoms with Crippen LogP contribution in [0.4, 0.5) is 17.3 Å². The lowest BCUT2D eigenvalue weighted by Crippen LogP contribution is -2.33. The minimum atomic E-state index is -0.314. The van der Waals surface area contributed by atoms with Crippen molar-refractivity contribution in [1.82, 2.24) is 19.9 Å². The van der Waals surface area contributed by atoms with Gasteiger partial charge in [0.1, 0.15) is 5.82 Å². The van der Waals surface area contributed by atoms with Gasteiger partial charge in [0.05, 0.1) is 0 Å². The molecule has 0 unspecified atom stereocenters. The number of hydrogen-bond donors (Lipinski definition) is 3. The molecule has 1 aromatic carbocycles. The van der Waals surface area contributed by atoms with E-state index in [2.05, 4.69) is 37.5 Å². The second-order valence-electron chi connectivity index (χ2n) is 7.47. The molecule has 0 radical (unpaired) electrons. The number of nitrogens with one attached hydrogen (secondary N) is 2. The number of nitrogens with two attached hydrogens (primary N) is 1. The molecule has 4 rings (SSSR count). The number of nitrogen functional groups attached to an aromatic ring is 1. The molecule has 0 aliphatic carbocycles. The molecule has 1 amide bonds. The Balaban J connectivity index is 1.47. The quantitative estimate of drug-likeness (QED) is 0.613. The van der Waals surface area contributed by atoms with Gasteiger partial charge in [-0.05, 0) is 62.5 Å². The van der Waals surface area contributed by atoms with E-state index in [9.17, 15) is 4.79 Å². The summed E-state index contributed by atoms with van der Waals surface area (Å²) in [5.74, 6) is 1.19. The van der Waals surface area contributed by atoms with Crippen LogP contribution in [0.5, 0.6) is 0 Å². The molecule has 4 N–H and O–H groups in total. The van der Waals surface area contributed by atoms with Crippen LogP contribution in [0, 0.1) is 5.92 Å². The molecule has 1 aliphatic rings. The van der Waals surface area contributed by atoms with E-state index >= 15 is 0 Å². The molecule has 8 nitrogen and oxygen atoms in total. The molecule has 1 saturated heterocycles. The van der Waals surface area contributed by atoms with E-state index in [0.29, 0.717) is 23.2 Å². The Morgan fingerprint density at radius 3 is 2.76 bits per heavy atom. The summed E-state index contributed by atoms with van der Waals surface area (Å²) in [4.78, 5) is 27.9. The van der Waals surface area contributed by atoms with Crippen LogP contribution in [-0.2, 0) is 0 Å². The van der Waals surface area contributed by atoms with Crippen molar-refractivity contribution < 1.29 is 4.79 Å². The van der Waals surface area contributed by atoms with Crippen LogP contribution in [0.2, 0.25) is 0 Å². The van der Waals surface area contributed by atoms with Crippen molar-refractivity contribution in [2.45, 2.75) is 12.8 Å². The fraction of sp³-hybridized carbons (Fsp3) is 0.333. The largest absolute Gasteiger partial charge is 0.383 e. The first kappa shape index (κ1) is 19.1. The first-order chi connectivity index (χ1) is 14.1. The zero-order chi connectivity index (χ0) is 20.2. The van der Waals surface area contributed by atoms with Gasteiger partial charge in [0.25, 0.3) is 5.91 Å². The van der Waals surface area contributed by atoms with Crippen molar-refractivity contribution >= 4 is 34.0 Å². The highest BCUT2D eigenvalue weighted by Crippen LogP contribution is 2.23. The number of aromatic nitrogens is 3. The highest BCUT2D eigenvalue weighted by molar-refractivity contribution is 6.07. The Hall–Kier alpha value is -3.26. The fourth-order valence-electron chi connectivity index (χ4n) is 3.60. The summed E-state index contributed by atoms with van der Waals surface area (Å²) in [5, 5.41) is 7.97. The van der Waals surface area contributed by atoms with Crippen molar-refractivity contribution in [2.75, 3.05) is 43.0 Å². The average Bonchev–Trinajstić information content (AvgIpc) is 2.74. The molecule has 1 aliphatic heterocycles. The van der Waals surface area contributed by atoms with Gasteiger partial charge in [0, 0.05) is 36.2 Å². The lowest BCUT2D eigenvalue weighted by Gasteiger charge is -2.29. The van der Waals surface area contributed by atoms with Crippen LogP contribution < -0.4 is 16.4 Å². The van der Waals surface area contributed by atoms with E-state index in [-0.39, 0.29) is 11.6 Å². The molecule has 8 heteroatoms. The third-order valence-electron chi connectivity index (χ3n) is 5.36. The van der Waals surface area contributed by atoms with E-state index in [1.165, 1.54) is 6.20 Å². The van der Waals surface area contributed by atoms with Gasteiger partial charge in [-0.2, -0.15) is 0 Å². The minimum absolute atomic E-state index is 0.277. The maximum absolute atomic E-state index is 12.8. The van der Waals surface area contributed by atoms with Crippen LogP contribution in [0.15, 0.2) is 42.9 Å². The highest BCUT2D eigenvalue weighted by atomic mass is 16.1. The third-order valence-corrected chi connectivity index (χ3v) is 5.36. The van der Waals surface area contributed by atoms with Gasteiger partial charge >= 0.3 is 0 Å². The number of pyridine rings is 1. The van der Waals surface area contributed by atoms with Crippen molar-refractivity contribution in [3.8, 4) is 0 Å². The second-order valence-corrected chi connectivity index (χ2v) is 7.47. The number of likely N-dealkylation sites (tertiary alicyclic amines) is 1. The molecule has 0 spiro atoms. The third kappa shape index (κ3) is 4.43. The Bertz CT molecular complexity index is 1010. The van der Waals surface area contributed by atoms with Crippen LogP contribution in [-0.4, -0.2) is 52.4 Å². The summed E-state index contributed by atoms with van der Waals surface area (Å²) in [7, 11) is 2.14. The lowest BCUT2D eigenvalue weighted by molar-refractivity contribution is 0.102. The van der Waals surface area contributed by atoms with Crippen LogP contribution in [0.3, 0.4) is 0 Å². The number of amides is 1.